The monoisotopic (exact) mass is 472 g/mol. The molecule has 1 aliphatic carbocycles. The lowest BCUT2D eigenvalue weighted by Gasteiger charge is -2.39. The van der Waals surface area contributed by atoms with Crippen LogP contribution in [0.15, 0.2) is 10.6 Å². The van der Waals surface area contributed by atoms with Gasteiger partial charge < -0.3 is 28.8 Å². The molecule has 10 heteroatoms. The summed E-state index contributed by atoms with van der Waals surface area (Å²) >= 11 is 0. The normalized spacial score (nSPS) is 20.0. The zero-order valence-electron chi connectivity index (χ0n) is 20.2. The quantitative estimate of drug-likeness (QED) is 0.712. The van der Waals surface area contributed by atoms with E-state index in [0.717, 1.165) is 47.5 Å². The Balaban J connectivity index is 1.23. The van der Waals surface area contributed by atoms with E-state index in [4.69, 9.17) is 23.7 Å². The van der Waals surface area contributed by atoms with Crippen molar-refractivity contribution in [1.82, 2.24) is 20.0 Å². The Labute approximate surface area is 198 Å². The average Bonchev–Trinajstić information content (AvgIpc) is 3.45. The van der Waals surface area contributed by atoms with Gasteiger partial charge in [-0.3, -0.25) is 9.48 Å². The van der Waals surface area contributed by atoms with Gasteiger partial charge in [-0.2, -0.15) is 5.10 Å². The van der Waals surface area contributed by atoms with Gasteiger partial charge in [-0.25, -0.2) is 4.79 Å². The molecule has 2 fully saturated rings. The van der Waals surface area contributed by atoms with Crippen molar-refractivity contribution in [3.8, 4) is 11.3 Å². The number of carbonyl (C=O) groups is 2. The lowest BCUT2D eigenvalue weighted by molar-refractivity contribution is -0.00384. The molecule has 2 aliphatic heterocycles. The number of aromatic nitrogens is 2. The van der Waals surface area contributed by atoms with E-state index in [1.807, 2.05) is 32.4 Å². The van der Waals surface area contributed by atoms with Crippen molar-refractivity contribution in [3.05, 3.63) is 28.8 Å². The minimum atomic E-state index is -0.488. The van der Waals surface area contributed by atoms with Gasteiger partial charge in [0, 0.05) is 55.8 Å². The lowest BCUT2D eigenvalue weighted by Crippen LogP contribution is -2.52. The van der Waals surface area contributed by atoms with Gasteiger partial charge in [-0.15, -0.1) is 0 Å². The second-order valence-corrected chi connectivity index (χ2v) is 10.3. The number of amides is 2. The molecule has 2 amide bonds. The summed E-state index contributed by atoms with van der Waals surface area (Å²) in [7, 11) is 0. The van der Waals surface area contributed by atoms with Crippen molar-refractivity contribution in [2.45, 2.75) is 58.8 Å². The molecule has 3 aliphatic rings. The molecule has 1 atom stereocenters. The summed E-state index contributed by atoms with van der Waals surface area (Å²) in [6, 6.07) is 0. The largest absolute Gasteiger partial charge is 0.455 e. The molecule has 0 spiro atoms. The van der Waals surface area contributed by atoms with Gasteiger partial charge in [0.15, 0.2) is 5.76 Å². The SMILES string of the molecule is Cc1c(C(=O)NC[C@@H]2COCO2)oc2c1-c1nn(CC3CN(C(=O)OC(C)(C)C)C3)cc1CC2. The highest BCUT2D eigenvalue weighted by atomic mass is 16.7. The maximum atomic E-state index is 12.8. The van der Waals surface area contributed by atoms with Gasteiger partial charge in [-0.1, -0.05) is 0 Å². The number of ether oxygens (including phenoxy) is 3. The van der Waals surface area contributed by atoms with Crippen LogP contribution in [0.5, 0.6) is 0 Å². The fourth-order valence-corrected chi connectivity index (χ4v) is 4.68. The summed E-state index contributed by atoms with van der Waals surface area (Å²) in [5.41, 5.74) is 3.29. The van der Waals surface area contributed by atoms with Gasteiger partial charge in [0.25, 0.3) is 5.91 Å². The number of nitrogens with one attached hydrogen (secondary N) is 1. The Bertz CT molecular complexity index is 1090. The predicted molar refractivity (Wildman–Crippen MR) is 121 cm³/mol. The highest BCUT2D eigenvalue weighted by Crippen LogP contribution is 2.38. The molecule has 1 N–H and O–H groups in total. The van der Waals surface area contributed by atoms with Crippen LogP contribution in [0.1, 0.15) is 48.2 Å². The molecule has 2 saturated heterocycles. The van der Waals surface area contributed by atoms with Gasteiger partial charge in [-0.05, 0) is 39.7 Å². The number of likely N-dealkylation sites (tertiary alicyclic amines) is 1. The van der Waals surface area contributed by atoms with E-state index >= 15 is 0 Å². The summed E-state index contributed by atoms with van der Waals surface area (Å²) in [5.74, 6) is 1.22. The van der Waals surface area contributed by atoms with Crippen LogP contribution in [0.2, 0.25) is 0 Å². The summed E-state index contributed by atoms with van der Waals surface area (Å²) in [4.78, 5) is 26.7. The Hall–Kier alpha value is -2.85. The van der Waals surface area contributed by atoms with E-state index in [1.54, 1.807) is 4.90 Å². The van der Waals surface area contributed by atoms with Crippen LogP contribution in [-0.2, 0) is 33.6 Å². The van der Waals surface area contributed by atoms with Crippen molar-refractivity contribution in [3.63, 3.8) is 0 Å². The van der Waals surface area contributed by atoms with Crippen LogP contribution in [0.3, 0.4) is 0 Å². The number of fused-ring (bicyclic) bond motifs is 3. The number of hydrogen-bond donors (Lipinski definition) is 1. The summed E-state index contributed by atoms with van der Waals surface area (Å²) in [5, 5.41) is 7.72. The number of nitrogens with zero attached hydrogens (tertiary/aromatic N) is 3. The number of furan rings is 1. The molecule has 0 unspecified atom stereocenters. The van der Waals surface area contributed by atoms with Crippen LogP contribution >= 0.6 is 0 Å². The molecule has 2 aromatic heterocycles. The molecular weight excluding hydrogens is 440 g/mol. The zero-order valence-corrected chi connectivity index (χ0v) is 20.2. The first-order valence-electron chi connectivity index (χ1n) is 11.8. The minimum Gasteiger partial charge on any atom is -0.455 e. The molecule has 10 nitrogen and oxygen atoms in total. The number of hydrogen-bond acceptors (Lipinski definition) is 7. The second kappa shape index (κ2) is 8.74. The van der Waals surface area contributed by atoms with E-state index in [0.29, 0.717) is 37.9 Å². The smallest absolute Gasteiger partial charge is 0.410 e. The maximum absolute atomic E-state index is 12.8. The van der Waals surface area contributed by atoms with Gasteiger partial charge >= 0.3 is 6.09 Å². The van der Waals surface area contributed by atoms with Crippen molar-refractivity contribution in [1.29, 1.82) is 0 Å². The van der Waals surface area contributed by atoms with E-state index in [9.17, 15) is 9.59 Å². The highest BCUT2D eigenvalue weighted by Gasteiger charge is 2.35. The van der Waals surface area contributed by atoms with Crippen LogP contribution in [-0.4, -0.2) is 71.4 Å². The first kappa shape index (κ1) is 22.9. The molecule has 5 rings (SSSR count). The second-order valence-electron chi connectivity index (χ2n) is 10.3. The maximum Gasteiger partial charge on any atom is 0.410 e. The molecule has 0 bridgehead atoms. The van der Waals surface area contributed by atoms with E-state index in [1.165, 1.54) is 0 Å². The molecule has 2 aromatic rings. The number of carbonyl (C=O) groups excluding carboxylic acids is 2. The highest BCUT2D eigenvalue weighted by molar-refractivity contribution is 5.95. The van der Waals surface area contributed by atoms with Gasteiger partial charge in [0.1, 0.15) is 24.3 Å². The predicted octanol–water partition coefficient (Wildman–Crippen LogP) is 2.52. The van der Waals surface area contributed by atoms with Crippen LogP contribution in [0.4, 0.5) is 4.79 Å². The molecular formula is C24H32N4O6. The van der Waals surface area contributed by atoms with Crippen molar-refractivity contribution in [2.75, 3.05) is 33.0 Å². The fraction of sp³-hybridized carbons (Fsp3) is 0.625. The van der Waals surface area contributed by atoms with Crippen LogP contribution in [0.25, 0.3) is 11.3 Å². The van der Waals surface area contributed by atoms with Crippen LogP contribution in [0, 0.1) is 12.8 Å². The molecule has 0 aromatic carbocycles. The Morgan fingerprint density at radius 1 is 1.26 bits per heavy atom. The zero-order chi connectivity index (χ0) is 24.0. The van der Waals surface area contributed by atoms with E-state index in [-0.39, 0.29) is 24.9 Å². The molecule has 4 heterocycles. The third-order valence-corrected chi connectivity index (χ3v) is 6.36. The molecule has 34 heavy (non-hydrogen) atoms. The summed E-state index contributed by atoms with van der Waals surface area (Å²) in [6.07, 6.45) is 3.24. The number of aryl methyl sites for hydroxylation is 2. The fourth-order valence-electron chi connectivity index (χ4n) is 4.68. The first-order valence-corrected chi connectivity index (χ1v) is 11.8. The Morgan fingerprint density at radius 3 is 2.76 bits per heavy atom. The topological polar surface area (TPSA) is 108 Å². The van der Waals surface area contributed by atoms with Gasteiger partial charge in [0.2, 0.25) is 0 Å². The average molecular weight is 473 g/mol. The third kappa shape index (κ3) is 4.56. The van der Waals surface area contributed by atoms with E-state index in [2.05, 4.69) is 11.5 Å². The van der Waals surface area contributed by atoms with Crippen molar-refractivity contribution < 1.29 is 28.2 Å². The third-order valence-electron chi connectivity index (χ3n) is 6.36. The number of rotatable bonds is 5. The van der Waals surface area contributed by atoms with E-state index < -0.39 is 5.60 Å². The van der Waals surface area contributed by atoms with Crippen molar-refractivity contribution >= 4 is 12.0 Å². The standard InChI is InChI=1S/C24H32N4O6/c1-14-19-18(33-21(14)22(29)25-7-17-12-31-13-32-17)6-5-16-11-28(26-20(16)19)10-15-8-27(9-15)23(30)34-24(2,3)4/h11,15,17H,5-10,12-13H2,1-4H3,(H,25,29)/t17-/m1/s1. The van der Waals surface area contributed by atoms with Gasteiger partial charge in [0.05, 0.1) is 12.3 Å². The molecule has 184 valence electrons. The Morgan fingerprint density at radius 2 is 2.06 bits per heavy atom. The molecule has 0 radical (unpaired) electrons. The Kier molecular flexibility index (Phi) is 5.89. The minimum absolute atomic E-state index is 0.131. The summed E-state index contributed by atoms with van der Waals surface area (Å²) < 4.78 is 23.9. The lowest BCUT2D eigenvalue weighted by atomic mass is 9.93. The summed E-state index contributed by atoms with van der Waals surface area (Å²) in [6.45, 7) is 10.7. The van der Waals surface area contributed by atoms with Crippen molar-refractivity contribution in [2.24, 2.45) is 5.92 Å². The first-order chi connectivity index (χ1) is 16.2. The molecule has 0 saturated carbocycles. The van der Waals surface area contributed by atoms with Crippen LogP contribution < -0.4 is 5.32 Å².